The molecular weight excluding hydrogens is 218 g/mol. The van der Waals surface area contributed by atoms with E-state index in [9.17, 15) is 13.6 Å². The van der Waals surface area contributed by atoms with Gasteiger partial charge in [-0.3, -0.25) is 9.80 Å². The van der Waals surface area contributed by atoms with E-state index in [0.29, 0.717) is 0 Å². The minimum absolute atomic E-state index is 0.0161. The van der Waals surface area contributed by atoms with E-state index >= 15 is 0 Å². The number of halogens is 2. The topological polar surface area (TPSA) is 52.6 Å². The van der Waals surface area contributed by atoms with Gasteiger partial charge in [-0.15, -0.1) is 0 Å². The van der Waals surface area contributed by atoms with Crippen LogP contribution in [0.15, 0.2) is 12.3 Å². The van der Waals surface area contributed by atoms with Gasteiger partial charge in [0.25, 0.3) is 0 Å². The number of carbonyl (C=O) groups is 1. The molecule has 0 saturated heterocycles. The zero-order valence-corrected chi connectivity index (χ0v) is 9.76. The smallest absolute Gasteiger partial charge is 0.324 e. The second-order valence-corrected chi connectivity index (χ2v) is 3.69. The lowest BCUT2D eigenvalue weighted by Crippen LogP contribution is -2.45. The third-order valence-corrected chi connectivity index (χ3v) is 2.42. The minimum atomic E-state index is -2.05. The molecule has 6 heteroatoms. The molecule has 0 spiro atoms. The van der Waals surface area contributed by atoms with Crippen LogP contribution < -0.4 is 5.43 Å². The van der Waals surface area contributed by atoms with Crippen LogP contribution in [-0.2, 0) is 4.79 Å². The van der Waals surface area contributed by atoms with Gasteiger partial charge < -0.3 is 5.11 Å². The molecule has 0 saturated carbocycles. The molecule has 0 rings (SSSR count). The highest BCUT2D eigenvalue weighted by Crippen LogP contribution is 2.28. The van der Waals surface area contributed by atoms with Gasteiger partial charge in [-0.2, -0.15) is 0 Å². The van der Waals surface area contributed by atoms with E-state index in [1.807, 2.05) is 0 Å². The molecule has 0 radical (unpaired) electrons. The molecule has 0 bridgehead atoms. The molecule has 0 aromatic carbocycles. The Balaban J connectivity index is 4.68. The van der Waals surface area contributed by atoms with Gasteiger partial charge in [0.15, 0.2) is 6.17 Å². The summed E-state index contributed by atoms with van der Waals surface area (Å²) in [6.07, 6.45) is -1.96. The zero-order valence-electron chi connectivity index (χ0n) is 9.76. The molecule has 0 aliphatic rings. The van der Waals surface area contributed by atoms with Crippen LogP contribution in [0.4, 0.5) is 8.78 Å². The summed E-state index contributed by atoms with van der Waals surface area (Å²) in [4.78, 5) is 10.5. The number of carboxylic acids is 1. The first kappa shape index (κ1) is 14.8. The molecule has 0 aromatic rings. The fourth-order valence-electron chi connectivity index (χ4n) is 1.12. The van der Waals surface area contributed by atoms with Crippen LogP contribution >= 0.6 is 0 Å². The number of hydrogen-bond acceptors (Lipinski definition) is 3. The molecule has 0 heterocycles. The molecule has 2 N–H and O–H groups in total. The van der Waals surface area contributed by atoms with Crippen molar-refractivity contribution in [3.63, 3.8) is 0 Å². The van der Waals surface area contributed by atoms with E-state index < -0.39 is 24.4 Å². The molecule has 2 unspecified atom stereocenters. The van der Waals surface area contributed by atoms with Crippen LogP contribution in [0, 0.1) is 0 Å². The predicted octanol–water partition coefficient (Wildman–Crippen LogP) is 1.50. The lowest BCUT2D eigenvalue weighted by atomic mass is 9.97. The molecule has 0 aliphatic carbocycles. The lowest BCUT2D eigenvalue weighted by molar-refractivity contribution is -0.138. The Hall–Kier alpha value is -1.17. The molecule has 0 aromatic heterocycles. The maximum absolute atomic E-state index is 13.7. The first-order valence-corrected chi connectivity index (χ1v) is 4.94. The highest BCUT2D eigenvalue weighted by Gasteiger charge is 2.37. The average Bonchev–Trinajstić information content (AvgIpc) is 2.23. The molecule has 0 aliphatic heterocycles. The van der Waals surface area contributed by atoms with Crippen molar-refractivity contribution in [2.75, 3.05) is 13.6 Å². The third-order valence-electron chi connectivity index (χ3n) is 2.42. The van der Waals surface area contributed by atoms with Crippen LogP contribution in [0.5, 0.6) is 0 Å². The van der Waals surface area contributed by atoms with Crippen LogP contribution in [0.1, 0.15) is 20.3 Å². The summed E-state index contributed by atoms with van der Waals surface area (Å²) in [6, 6.07) is 0. The minimum Gasteiger partial charge on any atom is -0.480 e. The standard InChI is InChI=1S/C10H18F2N2O2/c1-5-10(3,12)9(11)7(2)14(13-4)6-8(15)16/h9,13H,2,5-6H2,1,3-4H3,(H,15,16). The maximum atomic E-state index is 13.7. The second kappa shape index (κ2) is 5.79. The normalized spacial score (nSPS) is 16.3. The molecule has 2 atom stereocenters. The van der Waals surface area contributed by atoms with Crippen LogP contribution in [-0.4, -0.2) is 41.5 Å². The van der Waals surface area contributed by atoms with Gasteiger partial charge >= 0.3 is 5.97 Å². The second-order valence-electron chi connectivity index (χ2n) is 3.69. The van der Waals surface area contributed by atoms with Crippen molar-refractivity contribution in [2.45, 2.75) is 32.1 Å². The van der Waals surface area contributed by atoms with Crippen molar-refractivity contribution >= 4 is 5.97 Å². The number of hydrogen-bond donors (Lipinski definition) is 2. The van der Waals surface area contributed by atoms with E-state index in [1.54, 1.807) is 0 Å². The predicted molar refractivity (Wildman–Crippen MR) is 57.2 cm³/mol. The molecule has 94 valence electrons. The molecule has 16 heavy (non-hydrogen) atoms. The van der Waals surface area contributed by atoms with Crippen molar-refractivity contribution < 1.29 is 18.7 Å². The Morgan fingerprint density at radius 3 is 2.50 bits per heavy atom. The zero-order chi connectivity index (χ0) is 12.9. The summed E-state index contributed by atoms with van der Waals surface area (Å²) in [5.41, 5.74) is 0.180. The summed E-state index contributed by atoms with van der Waals surface area (Å²) in [6.45, 7) is 5.54. The number of nitrogens with one attached hydrogen (secondary N) is 1. The Kier molecular flexibility index (Phi) is 5.37. The monoisotopic (exact) mass is 236 g/mol. The summed E-state index contributed by atoms with van der Waals surface area (Å²) < 4.78 is 27.4. The summed E-state index contributed by atoms with van der Waals surface area (Å²) in [7, 11) is 1.42. The van der Waals surface area contributed by atoms with Gasteiger partial charge in [0.1, 0.15) is 12.2 Å². The van der Waals surface area contributed by atoms with Crippen molar-refractivity contribution in [2.24, 2.45) is 0 Å². The maximum Gasteiger partial charge on any atom is 0.324 e. The molecular formula is C10H18F2N2O2. The van der Waals surface area contributed by atoms with Crippen LogP contribution in [0.25, 0.3) is 0 Å². The van der Waals surface area contributed by atoms with E-state index in [4.69, 9.17) is 5.11 Å². The van der Waals surface area contributed by atoms with Crippen LogP contribution in [0.3, 0.4) is 0 Å². The van der Waals surface area contributed by atoms with Gasteiger partial charge in [0.05, 0.1) is 5.70 Å². The van der Waals surface area contributed by atoms with Gasteiger partial charge in [0, 0.05) is 7.05 Å². The van der Waals surface area contributed by atoms with Gasteiger partial charge in [0.2, 0.25) is 0 Å². The number of rotatable bonds is 7. The van der Waals surface area contributed by atoms with E-state index in [-0.39, 0.29) is 12.1 Å². The first-order chi connectivity index (χ1) is 7.26. The largest absolute Gasteiger partial charge is 0.480 e. The number of hydrazine groups is 1. The fourth-order valence-corrected chi connectivity index (χ4v) is 1.12. The molecule has 0 amide bonds. The lowest BCUT2D eigenvalue weighted by Gasteiger charge is -2.31. The Morgan fingerprint density at radius 1 is 1.69 bits per heavy atom. The fraction of sp³-hybridized carbons (Fsp3) is 0.700. The summed E-state index contributed by atoms with van der Waals surface area (Å²) >= 11 is 0. The van der Waals surface area contributed by atoms with Crippen LogP contribution in [0.2, 0.25) is 0 Å². The number of aliphatic carboxylic acids is 1. The SMILES string of the molecule is C=C(C(F)C(C)(F)CC)N(CC(=O)O)NC. The van der Waals surface area contributed by atoms with Crippen molar-refractivity contribution in [3.05, 3.63) is 12.3 Å². The third kappa shape index (κ3) is 3.77. The highest BCUT2D eigenvalue weighted by atomic mass is 19.2. The Morgan fingerprint density at radius 2 is 2.19 bits per heavy atom. The number of carboxylic acid groups (broad SMARTS) is 1. The van der Waals surface area contributed by atoms with E-state index in [0.717, 1.165) is 11.9 Å². The number of alkyl halides is 2. The number of allylic oxidation sites excluding steroid dienone is 1. The van der Waals surface area contributed by atoms with Crippen molar-refractivity contribution in [1.82, 2.24) is 10.4 Å². The van der Waals surface area contributed by atoms with E-state index in [1.165, 1.54) is 14.0 Å². The molecule has 4 nitrogen and oxygen atoms in total. The molecule has 0 fully saturated rings. The van der Waals surface area contributed by atoms with Crippen molar-refractivity contribution in [3.8, 4) is 0 Å². The number of nitrogens with zero attached hydrogens (tertiary/aromatic N) is 1. The Bertz CT molecular complexity index is 270. The highest BCUT2D eigenvalue weighted by molar-refractivity contribution is 5.69. The Labute approximate surface area is 93.9 Å². The van der Waals surface area contributed by atoms with Crippen molar-refractivity contribution in [1.29, 1.82) is 0 Å². The average molecular weight is 236 g/mol. The van der Waals surface area contributed by atoms with Gasteiger partial charge in [-0.1, -0.05) is 13.5 Å². The quantitative estimate of drug-likeness (QED) is 0.658. The van der Waals surface area contributed by atoms with E-state index in [2.05, 4.69) is 12.0 Å². The summed E-state index contributed by atoms with van der Waals surface area (Å²) in [5, 5.41) is 9.54. The van der Waals surface area contributed by atoms with Gasteiger partial charge in [-0.05, 0) is 13.3 Å². The summed E-state index contributed by atoms with van der Waals surface area (Å²) in [5.74, 6) is -1.15. The first-order valence-electron chi connectivity index (χ1n) is 4.94. The van der Waals surface area contributed by atoms with Gasteiger partial charge in [-0.25, -0.2) is 14.2 Å².